The summed E-state index contributed by atoms with van der Waals surface area (Å²) in [6.45, 7) is 9.24. The molecule has 1 aliphatic heterocycles. The van der Waals surface area contributed by atoms with E-state index in [1.165, 1.54) is 0 Å². The summed E-state index contributed by atoms with van der Waals surface area (Å²) in [6.07, 6.45) is 0. The van der Waals surface area contributed by atoms with Crippen molar-refractivity contribution in [3.8, 4) is 0 Å². The zero-order valence-electron chi connectivity index (χ0n) is 13.8. The van der Waals surface area contributed by atoms with E-state index in [1.807, 2.05) is 0 Å². The second-order valence-electron chi connectivity index (χ2n) is 5.91. The molecule has 1 atom stereocenters. The van der Waals surface area contributed by atoms with Gasteiger partial charge in [-0.25, -0.2) is 0 Å². The number of aromatic nitrogens is 1. The molecule has 1 saturated heterocycles. The Morgan fingerprint density at radius 3 is 2.50 bits per heavy atom. The summed E-state index contributed by atoms with van der Waals surface area (Å²) >= 11 is 0. The standard InChI is InChI=1S/C15H24N4O3/c1-9(2)19-7-6-18(8-12(19)14(20)16-5)15(21)13-10(3)17-22-11(13)4/h9,12H,6-8H2,1-5H3,(H,16,20). The number of carbonyl (C=O) groups is 2. The Hall–Kier alpha value is -1.89. The SMILES string of the molecule is CNC(=O)C1CN(C(=O)c2c(C)noc2C)CCN1C(C)C. The highest BCUT2D eigenvalue weighted by molar-refractivity contribution is 5.96. The van der Waals surface area contributed by atoms with E-state index >= 15 is 0 Å². The van der Waals surface area contributed by atoms with Crippen molar-refractivity contribution in [3.63, 3.8) is 0 Å². The first-order chi connectivity index (χ1) is 10.4. The van der Waals surface area contributed by atoms with Crippen LogP contribution in [0.25, 0.3) is 0 Å². The third-order valence-corrected chi connectivity index (χ3v) is 4.17. The number of hydrogen-bond acceptors (Lipinski definition) is 5. The highest BCUT2D eigenvalue weighted by Gasteiger charge is 2.36. The van der Waals surface area contributed by atoms with Gasteiger partial charge in [0.1, 0.15) is 17.4 Å². The molecule has 1 aromatic rings. The lowest BCUT2D eigenvalue weighted by Crippen LogP contribution is -2.61. The number of piperazine rings is 1. The second-order valence-corrected chi connectivity index (χ2v) is 5.91. The van der Waals surface area contributed by atoms with Crippen molar-refractivity contribution in [1.29, 1.82) is 0 Å². The Kier molecular flexibility index (Phi) is 4.85. The molecule has 1 aliphatic rings. The third-order valence-electron chi connectivity index (χ3n) is 4.17. The molecule has 2 amide bonds. The summed E-state index contributed by atoms with van der Waals surface area (Å²) in [5.41, 5.74) is 1.10. The molecule has 0 aromatic carbocycles. The average molecular weight is 308 g/mol. The maximum absolute atomic E-state index is 12.7. The first kappa shape index (κ1) is 16.5. The molecule has 1 unspecified atom stereocenters. The van der Waals surface area contributed by atoms with Gasteiger partial charge < -0.3 is 14.7 Å². The van der Waals surface area contributed by atoms with Gasteiger partial charge >= 0.3 is 0 Å². The molecule has 0 bridgehead atoms. The predicted octanol–water partition coefficient (Wildman–Crippen LogP) is 0.572. The number of nitrogens with zero attached hydrogens (tertiary/aromatic N) is 3. The quantitative estimate of drug-likeness (QED) is 0.883. The Morgan fingerprint density at radius 1 is 1.32 bits per heavy atom. The van der Waals surface area contributed by atoms with Crippen LogP contribution in [-0.4, -0.2) is 65.5 Å². The lowest BCUT2D eigenvalue weighted by Gasteiger charge is -2.42. The minimum atomic E-state index is -0.330. The summed E-state index contributed by atoms with van der Waals surface area (Å²) in [5.74, 6) is 0.337. The number of nitrogens with one attached hydrogen (secondary N) is 1. The number of likely N-dealkylation sites (N-methyl/N-ethyl adjacent to an activating group) is 1. The molecule has 0 saturated carbocycles. The summed E-state index contributed by atoms with van der Waals surface area (Å²) < 4.78 is 5.07. The van der Waals surface area contributed by atoms with E-state index in [4.69, 9.17) is 4.52 Å². The molecular weight excluding hydrogens is 284 g/mol. The fourth-order valence-electron chi connectivity index (χ4n) is 2.95. The number of amides is 2. The van der Waals surface area contributed by atoms with Crippen molar-refractivity contribution >= 4 is 11.8 Å². The van der Waals surface area contributed by atoms with E-state index in [0.29, 0.717) is 36.7 Å². The smallest absolute Gasteiger partial charge is 0.259 e. The van der Waals surface area contributed by atoms with Crippen LogP contribution in [0.1, 0.15) is 35.7 Å². The fraction of sp³-hybridized carbons (Fsp3) is 0.667. The van der Waals surface area contributed by atoms with E-state index in [9.17, 15) is 9.59 Å². The van der Waals surface area contributed by atoms with Crippen LogP contribution in [0.5, 0.6) is 0 Å². The molecule has 1 fully saturated rings. The number of hydrogen-bond donors (Lipinski definition) is 1. The third kappa shape index (κ3) is 2.99. The second kappa shape index (κ2) is 6.48. The molecule has 0 radical (unpaired) electrons. The molecule has 2 rings (SSSR count). The number of carbonyl (C=O) groups excluding carboxylic acids is 2. The van der Waals surface area contributed by atoms with Crippen molar-refractivity contribution in [2.24, 2.45) is 0 Å². The molecule has 7 nitrogen and oxygen atoms in total. The number of rotatable bonds is 3. The number of aryl methyl sites for hydroxylation is 2. The van der Waals surface area contributed by atoms with Crippen LogP contribution in [0.3, 0.4) is 0 Å². The molecule has 122 valence electrons. The zero-order chi connectivity index (χ0) is 16.4. The van der Waals surface area contributed by atoms with Crippen LogP contribution >= 0.6 is 0 Å². The lowest BCUT2D eigenvalue weighted by molar-refractivity contribution is -0.128. The largest absolute Gasteiger partial charge is 0.361 e. The van der Waals surface area contributed by atoms with Gasteiger partial charge in [0, 0.05) is 32.7 Å². The van der Waals surface area contributed by atoms with Crippen LogP contribution in [0, 0.1) is 13.8 Å². The summed E-state index contributed by atoms with van der Waals surface area (Å²) in [4.78, 5) is 28.7. The first-order valence-electron chi connectivity index (χ1n) is 7.56. The van der Waals surface area contributed by atoms with E-state index in [0.717, 1.165) is 0 Å². The molecule has 22 heavy (non-hydrogen) atoms. The normalized spacial score (nSPS) is 19.5. The molecule has 1 aromatic heterocycles. The Bertz CT molecular complexity index is 548. The average Bonchev–Trinajstić information content (AvgIpc) is 2.84. The van der Waals surface area contributed by atoms with E-state index in [1.54, 1.807) is 25.8 Å². The zero-order valence-corrected chi connectivity index (χ0v) is 13.8. The van der Waals surface area contributed by atoms with Crippen LogP contribution in [-0.2, 0) is 4.79 Å². The minimum absolute atomic E-state index is 0.0648. The molecular formula is C15H24N4O3. The van der Waals surface area contributed by atoms with Crippen molar-refractivity contribution in [1.82, 2.24) is 20.3 Å². The van der Waals surface area contributed by atoms with Crippen molar-refractivity contribution in [2.45, 2.75) is 39.8 Å². The van der Waals surface area contributed by atoms with Gasteiger partial charge in [-0.2, -0.15) is 0 Å². The van der Waals surface area contributed by atoms with Gasteiger partial charge in [-0.05, 0) is 27.7 Å². The van der Waals surface area contributed by atoms with Gasteiger partial charge in [0.05, 0.1) is 5.69 Å². The summed E-state index contributed by atoms with van der Waals surface area (Å²) in [5, 5.41) is 6.52. The Morgan fingerprint density at radius 2 is 2.00 bits per heavy atom. The van der Waals surface area contributed by atoms with E-state index in [-0.39, 0.29) is 23.9 Å². The summed E-state index contributed by atoms with van der Waals surface area (Å²) in [6, 6.07) is -0.0817. The van der Waals surface area contributed by atoms with Gasteiger partial charge in [-0.15, -0.1) is 0 Å². The Labute approximate surface area is 130 Å². The topological polar surface area (TPSA) is 78.7 Å². The van der Waals surface area contributed by atoms with Crippen LogP contribution in [0.15, 0.2) is 4.52 Å². The van der Waals surface area contributed by atoms with Gasteiger partial charge in [0.2, 0.25) is 5.91 Å². The van der Waals surface area contributed by atoms with Gasteiger partial charge in [-0.3, -0.25) is 14.5 Å². The fourth-order valence-corrected chi connectivity index (χ4v) is 2.95. The summed E-state index contributed by atoms with van der Waals surface area (Å²) in [7, 11) is 1.62. The lowest BCUT2D eigenvalue weighted by atomic mass is 10.1. The predicted molar refractivity (Wildman–Crippen MR) is 81.6 cm³/mol. The highest BCUT2D eigenvalue weighted by Crippen LogP contribution is 2.19. The molecule has 7 heteroatoms. The molecule has 0 aliphatic carbocycles. The van der Waals surface area contributed by atoms with Crippen LogP contribution < -0.4 is 5.32 Å². The Balaban J connectivity index is 2.21. The maximum atomic E-state index is 12.7. The highest BCUT2D eigenvalue weighted by atomic mass is 16.5. The minimum Gasteiger partial charge on any atom is -0.361 e. The van der Waals surface area contributed by atoms with E-state index < -0.39 is 0 Å². The molecule has 0 spiro atoms. The van der Waals surface area contributed by atoms with Crippen molar-refractivity contribution in [2.75, 3.05) is 26.7 Å². The maximum Gasteiger partial charge on any atom is 0.259 e. The van der Waals surface area contributed by atoms with Crippen molar-refractivity contribution < 1.29 is 14.1 Å². The van der Waals surface area contributed by atoms with Gasteiger partial charge in [0.25, 0.3) is 5.91 Å². The van der Waals surface area contributed by atoms with E-state index in [2.05, 4.69) is 29.2 Å². The van der Waals surface area contributed by atoms with Crippen LogP contribution in [0.4, 0.5) is 0 Å². The van der Waals surface area contributed by atoms with Crippen molar-refractivity contribution in [3.05, 3.63) is 17.0 Å². The monoisotopic (exact) mass is 308 g/mol. The molecule has 1 N–H and O–H groups in total. The van der Waals surface area contributed by atoms with Gasteiger partial charge in [-0.1, -0.05) is 5.16 Å². The molecule has 2 heterocycles. The first-order valence-corrected chi connectivity index (χ1v) is 7.56. The van der Waals surface area contributed by atoms with Crippen LogP contribution in [0.2, 0.25) is 0 Å². The van der Waals surface area contributed by atoms with Gasteiger partial charge in [0.15, 0.2) is 0 Å².